The van der Waals surface area contributed by atoms with E-state index >= 15 is 0 Å². The van der Waals surface area contributed by atoms with Gasteiger partial charge in [-0.05, 0) is 19.8 Å². The van der Waals surface area contributed by atoms with E-state index in [-0.39, 0.29) is 5.54 Å². The highest BCUT2D eigenvalue weighted by Crippen LogP contribution is 2.35. The normalized spacial score (nSPS) is 51.0. The summed E-state index contributed by atoms with van der Waals surface area (Å²) in [5, 5.41) is 0. The van der Waals surface area contributed by atoms with Gasteiger partial charge in [0.1, 0.15) is 0 Å². The lowest BCUT2D eigenvalue weighted by Gasteiger charge is -2.40. The van der Waals surface area contributed by atoms with Crippen LogP contribution in [0.2, 0.25) is 0 Å². The maximum Gasteiger partial charge on any atom is 0.0288 e. The van der Waals surface area contributed by atoms with Crippen molar-refractivity contribution in [3.05, 3.63) is 0 Å². The third kappa shape index (κ3) is 0.914. The van der Waals surface area contributed by atoms with Crippen LogP contribution >= 0.6 is 22.6 Å². The van der Waals surface area contributed by atoms with E-state index in [1.54, 1.807) is 0 Å². The van der Waals surface area contributed by atoms with E-state index in [0.29, 0.717) is 0 Å². The molecule has 0 heterocycles. The highest BCUT2D eigenvalue weighted by Gasteiger charge is 2.36. The summed E-state index contributed by atoms with van der Waals surface area (Å²) >= 11 is 2.41. The van der Waals surface area contributed by atoms with Gasteiger partial charge in [0.05, 0.1) is 0 Å². The third-order valence-corrected chi connectivity index (χ3v) is 3.70. The molecule has 0 unspecified atom stereocenters. The molecule has 1 aliphatic rings. The van der Waals surface area contributed by atoms with Gasteiger partial charge >= 0.3 is 0 Å². The summed E-state index contributed by atoms with van der Waals surface area (Å²) in [6.45, 7) is 2.12. The van der Waals surface area contributed by atoms with Crippen LogP contribution in [0.25, 0.3) is 0 Å². The van der Waals surface area contributed by atoms with Gasteiger partial charge in [0.2, 0.25) is 0 Å². The van der Waals surface area contributed by atoms with Crippen molar-refractivity contribution >= 4 is 22.6 Å². The van der Waals surface area contributed by atoms with E-state index in [1.807, 2.05) is 0 Å². The van der Waals surface area contributed by atoms with Crippen molar-refractivity contribution in [1.29, 1.82) is 0 Å². The van der Waals surface area contributed by atoms with E-state index < -0.39 is 0 Å². The molecule has 7 heavy (non-hydrogen) atoms. The van der Waals surface area contributed by atoms with Crippen molar-refractivity contribution in [2.24, 2.45) is 5.73 Å². The fraction of sp³-hybridized carbons (Fsp3) is 1.00. The minimum atomic E-state index is 0.167. The first-order chi connectivity index (χ1) is 3.13. The molecule has 2 heteroatoms. The van der Waals surface area contributed by atoms with Gasteiger partial charge in [-0.25, -0.2) is 0 Å². The number of halogens is 1. The molecule has 0 bridgehead atoms. The average Bonchev–Trinajstić information content (AvgIpc) is 1.63. The molecule has 1 aliphatic carbocycles. The summed E-state index contributed by atoms with van der Waals surface area (Å²) in [7, 11) is 0. The Kier molecular flexibility index (Phi) is 1.32. The molecule has 1 rings (SSSR count). The molecule has 0 spiro atoms. The lowest BCUT2D eigenvalue weighted by atomic mass is 9.80. The molecule has 0 aromatic rings. The Morgan fingerprint density at radius 2 is 2.29 bits per heavy atom. The van der Waals surface area contributed by atoms with Crippen molar-refractivity contribution in [2.45, 2.75) is 29.2 Å². The summed E-state index contributed by atoms with van der Waals surface area (Å²) < 4.78 is 0.727. The summed E-state index contributed by atoms with van der Waals surface area (Å²) in [4.78, 5) is 0. The Hall–Kier alpha value is 0.690. The van der Waals surface area contributed by atoms with Crippen LogP contribution < -0.4 is 5.73 Å². The van der Waals surface area contributed by atoms with Crippen LogP contribution in [0.3, 0.4) is 0 Å². The number of hydrogen-bond acceptors (Lipinski definition) is 1. The molecule has 1 nitrogen and oxygen atoms in total. The minimum Gasteiger partial charge on any atom is -0.324 e. The lowest BCUT2D eigenvalue weighted by molar-refractivity contribution is 0.304. The minimum absolute atomic E-state index is 0.167. The second kappa shape index (κ2) is 1.58. The fourth-order valence-corrected chi connectivity index (χ4v) is 1.33. The molecule has 0 amide bonds. The van der Waals surface area contributed by atoms with Gasteiger partial charge in [0.25, 0.3) is 0 Å². The van der Waals surface area contributed by atoms with Crippen molar-refractivity contribution < 1.29 is 0 Å². The predicted octanol–water partition coefficient (Wildman–Crippen LogP) is 1.30. The number of rotatable bonds is 0. The Balaban J connectivity index is 2.43. The van der Waals surface area contributed by atoms with E-state index in [4.69, 9.17) is 5.73 Å². The Bertz CT molecular complexity index is 80.1. The Morgan fingerprint density at radius 3 is 2.29 bits per heavy atom. The van der Waals surface area contributed by atoms with Crippen LogP contribution in [0.1, 0.15) is 19.8 Å². The second-order valence-electron chi connectivity index (χ2n) is 2.51. The van der Waals surface area contributed by atoms with Gasteiger partial charge in [-0.15, -0.1) is 0 Å². The molecular weight excluding hydrogens is 201 g/mol. The molecule has 42 valence electrons. The first-order valence-electron chi connectivity index (χ1n) is 2.56. The first kappa shape index (κ1) is 5.82. The summed E-state index contributed by atoms with van der Waals surface area (Å²) in [6.07, 6.45) is 2.52. The molecule has 0 aromatic carbocycles. The van der Waals surface area contributed by atoms with Gasteiger partial charge in [-0.3, -0.25) is 0 Å². The third-order valence-electron chi connectivity index (χ3n) is 1.65. The number of nitrogens with two attached hydrogens (primary N) is 1. The van der Waals surface area contributed by atoms with Crippen LogP contribution in [0.15, 0.2) is 0 Å². The highest BCUT2D eigenvalue weighted by atomic mass is 127. The summed E-state index contributed by atoms with van der Waals surface area (Å²) in [5.41, 5.74) is 5.92. The Labute approximate surface area is 57.8 Å². The quantitative estimate of drug-likeness (QED) is 0.474. The summed E-state index contributed by atoms with van der Waals surface area (Å²) in [6, 6.07) is 0. The highest BCUT2D eigenvalue weighted by molar-refractivity contribution is 14.1. The zero-order chi connectivity index (χ0) is 5.49. The van der Waals surface area contributed by atoms with Crippen LogP contribution in [0, 0.1) is 0 Å². The molecule has 0 aromatic heterocycles. The molecule has 0 radical (unpaired) electrons. The van der Waals surface area contributed by atoms with Crippen molar-refractivity contribution in [2.75, 3.05) is 0 Å². The molecule has 0 aliphatic heterocycles. The van der Waals surface area contributed by atoms with Crippen molar-refractivity contribution in [3.8, 4) is 0 Å². The van der Waals surface area contributed by atoms with Crippen LogP contribution in [-0.2, 0) is 0 Å². The van der Waals surface area contributed by atoms with Gasteiger partial charge in [-0.2, -0.15) is 0 Å². The van der Waals surface area contributed by atoms with E-state index in [2.05, 4.69) is 29.5 Å². The average molecular weight is 211 g/mol. The number of alkyl halides is 1. The molecule has 0 saturated heterocycles. The van der Waals surface area contributed by atoms with Crippen molar-refractivity contribution in [1.82, 2.24) is 0 Å². The maximum atomic E-state index is 5.76. The van der Waals surface area contributed by atoms with Gasteiger partial charge in [-0.1, -0.05) is 22.6 Å². The molecule has 2 atom stereocenters. The van der Waals surface area contributed by atoms with E-state index in [0.717, 1.165) is 3.92 Å². The molecule has 2 N–H and O–H groups in total. The van der Waals surface area contributed by atoms with Gasteiger partial charge < -0.3 is 5.73 Å². The monoisotopic (exact) mass is 211 g/mol. The summed E-state index contributed by atoms with van der Waals surface area (Å²) in [5.74, 6) is 0. The molecular formula is C5H10IN. The Morgan fingerprint density at radius 1 is 1.86 bits per heavy atom. The first-order valence-corrected chi connectivity index (χ1v) is 3.80. The fourth-order valence-electron chi connectivity index (χ4n) is 0.709. The van der Waals surface area contributed by atoms with Crippen molar-refractivity contribution in [3.63, 3.8) is 0 Å². The van der Waals surface area contributed by atoms with Crippen LogP contribution in [-0.4, -0.2) is 9.46 Å². The van der Waals surface area contributed by atoms with Gasteiger partial charge in [0.15, 0.2) is 0 Å². The second-order valence-corrected chi connectivity index (χ2v) is 4.02. The zero-order valence-electron chi connectivity index (χ0n) is 4.45. The zero-order valence-corrected chi connectivity index (χ0v) is 6.60. The predicted molar refractivity (Wildman–Crippen MR) is 39.6 cm³/mol. The smallest absolute Gasteiger partial charge is 0.0288 e. The molecule has 1 saturated carbocycles. The maximum absolute atomic E-state index is 5.76. The standard InChI is InChI=1S/C5H10IN/c1-5(7)3-2-4(5)6/h4H,2-3,7H2,1H3/t4-,5-/m0/s1. The van der Waals surface area contributed by atoms with Crippen LogP contribution in [0.4, 0.5) is 0 Å². The van der Waals surface area contributed by atoms with Gasteiger partial charge in [0, 0.05) is 9.46 Å². The van der Waals surface area contributed by atoms with Crippen LogP contribution in [0.5, 0.6) is 0 Å². The topological polar surface area (TPSA) is 26.0 Å². The largest absolute Gasteiger partial charge is 0.324 e. The lowest BCUT2D eigenvalue weighted by Crippen LogP contribution is -2.53. The number of hydrogen-bond donors (Lipinski definition) is 1. The van der Waals surface area contributed by atoms with E-state index in [9.17, 15) is 0 Å². The van der Waals surface area contributed by atoms with E-state index in [1.165, 1.54) is 12.8 Å². The SMILES string of the molecule is C[C@]1(N)CC[C@@H]1I. The molecule has 1 fully saturated rings.